The summed E-state index contributed by atoms with van der Waals surface area (Å²) >= 11 is 0. The molecule has 144 valence electrons. The van der Waals surface area contributed by atoms with Gasteiger partial charge in [-0.15, -0.1) is 0 Å². The van der Waals surface area contributed by atoms with Crippen LogP contribution in [-0.2, 0) is 16.1 Å². The van der Waals surface area contributed by atoms with Crippen molar-refractivity contribution in [2.75, 3.05) is 44.4 Å². The van der Waals surface area contributed by atoms with Crippen LogP contribution < -0.4 is 19.7 Å². The molecule has 1 aliphatic heterocycles. The summed E-state index contributed by atoms with van der Waals surface area (Å²) in [5.41, 5.74) is 0.946. The van der Waals surface area contributed by atoms with Crippen molar-refractivity contribution in [3.05, 3.63) is 48.2 Å². The van der Waals surface area contributed by atoms with E-state index < -0.39 is 0 Å². The van der Waals surface area contributed by atoms with Gasteiger partial charge in [-0.2, -0.15) is 0 Å². The predicted molar refractivity (Wildman–Crippen MR) is 102 cm³/mol. The lowest BCUT2D eigenvalue weighted by molar-refractivity contribution is -0.123. The van der Waals surface area contributed by atoms with Gasteiger partial charge in [-0.25, -0.2) is 4.98 Å². The zero-order valence-electron chi connectivity index (χ0n) is 15.5. The molecule has 2 aromatic rings. The lowest BCUT2D eigenvalue weighted by Gasteiger charge is -2.27. The van der Waals surface area contributed by atoms with Crippen LogP contribution in [0.3, 0.4) is 0 Å². The van der Waals surface area contributed by atoms with Crippen molar-refractivity contribution in [2.24, 2.45) is 0 Å². The highest BCUT2D eigenvalue weighted by molar-refractivity contribution is 5.77. The topological polar surface area (TPSA) is 72.9 Å². The molecule has 0 bridgehead atoms. The van der Waals surface area contributed by atoms with Crippen molar-refractivity contribution < 1.29 is 19.0 Å². The number of pyridine rings is 1. The quantitative estimate of drug-likeness (QED) is 0.765. The van der Waals surface area contributed by atoms with E-state index in [1.165, 1.54) is 0 Å². The average Bonchev–Trinajstić information content (AvgIpc) is 2.73. The van der Waals surface area contributed by atoms with Gasteiger partial charge in [0.25, 0.3) is 5.91 Å². The van der Waals surface area contributed by atoms with Crippen molar-refractivity contribution in [3.63, 3.8) is 0 Å². The van der Waals surface area contributed by atoms with Gasteiger partial charge in [0.15, 0.2) is 6.61 Å². The Morgan fingerprint density at radius 3 is 2.44 bits per heavy atom. The van der Waals surface area contributed by atoms with E-state index in [1.807, 2.05) is 31.2 Å². The molecule has 2 heterocycles. The number of carbonyl (C=O) groups is 1. The number of morpholine rings is 1. The third kappa shape index (κ3) is 5.86. The first-order chi connectivity index (χ1) is 13.2. The van der Waals surface area contributed by atoms with E-state index in [9.17, 15) is 4.79 Å². The summed E-state index contributed by atoms with van der Waals surface area (Å²) < 4.78 is 16.2. The minimum Gasteiger partial charge on any atom is -0.494 e. The van der Waals surface area contributed by atoms with Crippen molar-refractivity contribution in [2.45, 2.75) is 13.5 Å². The van der Waals surface area contributed by atoms with Crippen molar-refractivity contribution >= 4 is 11.7 Å². The fourth-order valence-electron chi connectivity index (χ4n) is 2.70. The first-order valence-corrected chi connectivity index (χ1v) is 9.14. The van der Waals surface area contributed by atoms with E-state index >= 15 is 0 Å². The Morgan fingerprint density at radius 2 is 1.81 bits per heavy atom. The Morgan fingerprint density at radius 1 is 1.11 bits per heavy atom. The molecule has 0 saturated carbocycles. The summed E-state index contributed by atoms with van der Waals surface area (Å²) in [4.78, 5) is 18.6. The maximum atomic E-state index is 12.0. The first-order valence-electron chi connectivity index (χ1n) is 9.14. The number of aromatic nitrogens is 1. The normalized spacial score (nSPS) is 13.9. The van der Waals surface area contributed by atoms with E-state index in [0.717, 1.165) is 43.4 Å². The first kappa shape index (κ1) is 19.0. The van der Waals surface area contributed by atoms with E-state index in [1.54, 1.807) is 18.3 Å². The SMILES string of the molecule is CCOc1ccc(OCC(=O)NCc2ccc(N3CCOCC3)nc2)cc1. The van der Waals surface area contributed by atoms with Crippen LogP contribution in [0, 0.1) is 0 Å². The van der Waals surface area contributed by atoms with Crippen LogP contribution in [0.1, 0.15) is 12.5 Å². The summed E-state index contributed by atoms with van der Waals surface area (Å²) in [6, 6.07) is 11.2. The van der Waals surface area contributed by atoms with Crippen LogP contribution in [0.5, 0.6) is 11.5 Å². The van der Waals surface area contributed by atoms with Crippen molar-refractivity contribution in [1.29, 1.82) is 0 Å². The molecule has 7 heteroatoms. The van der Waals surface area contributed by atoms with Crippen LogP contribution in [0.15, 0.2) is 42.6 Å². The summed E-state index contributed by atoms with van der Waals surface area (Å²) in [5, 5.41) is 2.84. The van der Waals surface area contributed by atoms with Gasteiger partial charge >= 0.3 is 0 Å². The molecule has 1 aliphatic rings. The lowest BCUT2D eigenvalue weighted by atomic mass is 10.2. The molecule has 3 rings (SSSR count). The highest BCUT2D eigenvalue weighted by Crippen LogP contribution is 2.17. The van der Waals surface area contributed by atoms with E-state index in [4.69, 9.17) is 14.2 Å². The number of hydrogen-bond donors (Lipinski definition) is 1. The number of ether oxygens (including phenoxy) is 3. The van der Waals surface area contributed by atoms with E-state index in [2.05, 4.69) is 15.2 Å². The van der Waals surface area contributed by atoms with Crippen molar-refractivity contribution in [1.82, 2.24) is 10.3 Å². The molecule has 1 saturated heterocycles. The number of hydrogen-bond acceptors (Lipinski definition) is 6. The molecule has 1 fully saturated rings. The van der Waals surface area contributed by atoms with Gasteiger partial charge in [-0.3, -0.25) is 4.79 Å². The Bertz CT molecular complexity index is 713. The lowest BCUT2D eigenvalue weighted by Crippen LogP contribution is -2.36. The van der Waals surface area contributed by atoms with Crippen LogP contribution >= 0.6 is 0 Å². The minimum atomic E-state index is -0.179. The Hall–Kier alpha value is -2.80. The highest BCUT2D eigenvalue weighted by atomic mass is 16.5. The molecular weight excluding hydrogens is 346 g/mol. The molecule has 1 aromatic carbocycles. The molecule has 0 aliphatic carbocycles. The van der Waals surface area contributed by atoms with Gasteiger partial charge in [-0.1, -0.05) is 6.07 Å². The molecular formula is C20H25N3O4. The maximum Gasteiger partial charge on any atom is 0.258 e. The summed E-state index contributed by atoms with van der Waals surface area (Å²) in [6.45, 7) is 6.10. The third-order valence-corrected chi connectivity index (χ3v) is 4.14. The zero-order valence-corrected chi connectivity index (χ0v) is 15.5. The van der Waals surface area contributed by atoms with Crippen LogP contribution in [0.25, 0.3) is 0 Å². The smallest absolute Gasteiger partial charge is 0.258 e. The summed E-state index contributed by atoms with van der Waals surface area (Å²) in [6.07, 6.45) is 1.79. The van der Waals surface area contributed by atoms with E-state index in [-0.39, 0.29) is 12.5 Å². The Balaban J connectivity index is 1.40. The molecule has 0 radical (unpaired) electrons. The third-order valence-electron chi connectivity index (χ3n) is 4.14. The number of carbonyl (C=O) groups excluding carboxylic acids is 1. The number of amides is 1. The predicted octanol–water partition coefficient (Wildman–Crippen LogP) is 2.01. The van der Waals surface area contributed by atoms with Gasteiger partial charge in [0, 0.05) is 25.8 Å². The number of nitrogens with zero attached hydrogens (tertiary/aromatic N) is 2. The number of rotatable bonds is 8. The molecule has 0 spiro atoms. The van der Waals surface area contributed by atoms with Gasteiger partial charge in [0.2, 0.25) is 0 Å². The molecule has 0 atom stereocenters. The monoisotopic (exact) mass is 371 g/mol. The number of anilines is 1. The fourth-order valence-corrected chi connectivity index (χ4v) is 2.70. The van der Waals surface area contributed by atoms with Crippen molar-refractivity contribution in [3.8, 4) is 11.5 Å². The maximum absolute atomic E-state index is 12.0. The van der Waals surface area contributed by atoms with Crippen LogP contribution in [0.4, 0.5) is 5.82 Å². The minimum absolute atomic E-state index is 0.0345. The zero-order chi connectivity index (χ0) is 18.9. The number of benzene rings is 1. The summed E-state index contributed by atoms with van der Waals surface area (Å²) in [7, 11) is 0. The second kappa shape index (κ2) is 9.78. The molecule has 27 heavy (non-hydrogen) atoms. The van der Waals surface area contributed by atoms with Gasteiger partial charge in [0.1, 0.15) is 17.3 Å². The summed E-state index contributed by atoms with van der Waals surface area (Å²) in [5.74, 6) is 2.17. The molecule has 1 aromatic heterocycles. The second-order valence-electron chi connectivity index (χ2n) is 6.09. The van der Waals surface area contributed by atoms with Gasteiger partial charge < -0.3 is 24.4 Å². The fraction of sp³-hybridized carbons (Fsp3) is 0.400. The average molecular weight is 371 g/mol. The molecule has 1 amide bonds. The Kier molecular flexibility index (Phi) is 6.87. The van der Waals surface area contributed by atoms with Crippen LogP contribution in [-0.4, -0.2) is 50.4 Å². The standard InChI is InChI=1S/C20H25N3O4/c1-2-26-17-4-6-18(7-5-17)27-15-20(24)22-14-16-3-8-19(21-13-16)23-9-11-25-12-10-23/h3-8,13H,2,9-12,14-15H2,1H3,(H,22,24). The van der Waals surface area contributed by atoms with Gasteiger partial charge in [0.05, 0.1) is 19.8 Å². The second-order valence-corrected chi connectivity index (χ2v) is 6.09. The largest absolute Gasteiger partial charge is 0.494 e. The number of nitrogens with one attached hydrogen (secondary N) is 1. The van der Waals surface area contributed by atoms with E-state index in [0.29, 0.717) is 18.9 Å². The highest BCUT2D eigenvalue weighted by Gasteiger charge is 2.12. The Labute approximate surface area is 159 Å². The molecule has 7 nitrogen and oxygen atoms in total. The molecule has 0 unspecified atom stereocenters. The van der Waals surface area contributed by atoms with Crippen LogP contribution in [0.2, 0.25) is 0 Å². The van der Waals surface area contributed by atoms with Gasteiger partial charge in [-0.05, 0) is 42.8 Å². The molecule has 1 N–H and O–H groups in total.